The maximum absolute atomic E-state index is 12.8. The summed E-state index contributed by atoms with van der Waals surface area (Å²) in [5.41, 5.74) is 0.929. The highest BCUT2D eigenvalue weighted by Crippen LogP contribution is 2.25. The van der Waals surface area contributed by atoms with Gasteiger partial charge >= 0.3 is 0 Å². The third kappa shape index (κ3) is 13.2. The summed E-state index contributed by atoms with van der Waals surface area (Å²) in [7, 11) is -3.99. The zero-order chi connectivity index (χ0) is 25.2. The standard InChI is InChI=1S/C27H43Cl2NO3S/c1-3-4-5-6-7-8-9-10-11-12-13-14-15-16-17-18-25(31)30-27(26(28)29)34(32,33)24-21-19-23(2)20-22-24/h19-22H,3-18H2,1-2H3,(H,30,31). The average molecular weight is 533 g/mol. The van der Waals surface area contributed by atoms with Crippen molar-refractivity contribution in [1.82, 2.24) is 5.32 Å². The molecule has 1 rings (SSSR count). The van der Waals surface area contributed by atoms with Gasteiger partial charge in [0.05, 0.1) is 4.90 Å². The number of benzene rings is 1. The summed E-state index contributed by atoms with van der Waals surface area (Å²) in [6.07, 6.45) is 19.0. The number of rotatable bonds is 19. The second-order valence-corrected chi connectivity index (χ2v) is 12.0. The van der Waals surface area contributed by atoms with E-state index in [0.717, 1.165) is 18.4 Å². The summed E-state index contributed by atoms with van der Waals surface area (Å²) in [5, 5.41) is 1.96. The predicted molar refractivity (Wildman–Crippen MR) is 145 cm³/mol. The largest absolute Gasteiger partial charge is 0.314 e. The number of amides is 1. The lowest BCUT2D eigenvalue weighted by Crippen LogP contribution is -2.28. The SMILES string of the molecule is CCCCCCCCCCCCCCCCCC(=O)NC(=C(Cl)Cl)S(=O)(=O)c1ccc(C)cc1. The van der Waals surface area contributed by atoms with Crippen molar-refractivity contribution in [2.24, 2.45) is 0 Å². The minimum atomic E-state index is -3.99. The number of halogens is 2. The average Bonchev–Trinajstić information content (AvgIpc) is 2.80. The number of aryl methyl sites for hydroxylation is 1. The van der Waals surface area contributed by atoms with E-state index in [4.69, 9.17) is 23.2 Å². The zero-order valence-electron chi connectivity index (χ0n) is 21.0. The first-order valence-corrected chi connectivity index (χ1v) is 15.2. The van der Waals surface area contributed by atoms with E-state index in [1.807, 2.05) is 6.92 Å². The Kier molecular flexibility index (Phi) is 16.6. The summed E-state index contributed by atoms with van der Waals surface area (Å²) in [6, 6.07) is 6.32. The summed E-state index contributed by atoms with van der Waals surface area (Å²) in [4.78, 5) is 12.3. The molecule has 0 spiro atoms. The van der Waals surface area contributed by atoms with Crippen LogP contribution >= 0.6 is 23.2 Å². The van der Waals surface area contributed by atoms with Crippen molar-refractivity contribution in [2.45, 2.75) is 121 Å². The Morgan fingerprint density at radius 2 is 1.15 bits per heavy atom. The number of nitrogens with one attached hydrogen (secondary N) is 1. The normalized spacial score (nSPS) is 11.4. The van der Waals surface area contributed by atoms with Gasteiger partial charge in [-0.1, -0.05) is 138 Å². The zero-order valence-corrected chi connectivity index (χ0v) is 23.3. The maximum atomic E-state index is 12.8. The molecular weight excluding hydrogens is 489 g/mol. The molecule has 0 saturated carbocycles. The molecular formula is C27H43Cl2NO3S. The van der Waals surface area contributed by atoms with Crippen molar-refractivity contribution in [2.75, 3.05) is 0 Å². The van der Waals surface area contributed by atoms with E-state index in [1.54, 1.807) is 12.1 Å². The van der Waals surface area contributed by atoms with E-state index in [9.17, 15) is 13.2 Å². The van der Waals surface area contributed by atoms with Gasteiger partial charge in [0.2, 0.25) is 15.7 Å². The highest BCUT2D eigenvalue weighted by atomic mass is 35.5. The first-order valence-electron chi connectivity index (χ1n) is 13.0. The van der Waals surface area contributed by atoms with Gasteiger partial charge in [0.25, 0.3) is 0 Å². The number of unbranched alkanes of at least 4 members (excludes halogenated alkanes) is 14. The van der Waals surface area contributed by atoms with E-state index >= 15 is 0 Å². The quantitative estimate of drug-likeness (QED) is 0.181. The molecule has 0 aliphatic carbocycles. The Morgan fingerprint density at radius 1 is 0.735 bits per heavy atom. The van der Waals surface area contributed by atoms with Crippen molar-refractivity contribution in [3.05, 3.63) is 39.3 Å². The molecule has 194 valence electrons. The number of carbonyl (C=O) groups is 1. The topological polar surface area (TPSA) is 63.2 Å². The van der Waals surface area contributed by atoms with Crippen LogP contribution in [0.4, 0.5) is 0 Å². The van der Waals surface area contributed by atoms with Gasteiger partial charge in [-0.2, -0.15) is 0 Å². The highest BCUT2D eigenvalue weighted by Gasteiger charge is 2.25. The number of hydrogen-bond donors (Lipinski definition) is 1. The van der Waals surface area contributed by atoms with Gasteiger partial charge < -0.3 is 5.32 Å². The van der Waals surface area contributed by atoms with Crippen LogP contribution in [0.15, 0.2) is 38.7 Å². The van der Waals surface area contributed by atoms with Crippen molar-refractivity contribution in [3.63, 3.8) is 0 Å². The molecule has 0 unspecified atom stereocenters. The molecule has 0 fully saturated rings. The van der Waals surface area contributed by atoms with Crippen LogP contribution in [0.25, 0.3) is 0 Å². The van der Waals surface area contributed by atoms with Crippen LogP contribution in [0.2, 0.25) is 0 Å². The second-order valence-electron chi connectivity index (χ2n) is 9.15. The molecule has 0 saturated heterocycles. The van der Waals surface area contributed by atoms with Gasteiger partial charge in [-0.25, -0.2) is 8.42 Å². The molecule has 7 heteroatoms. The number of carbonyl (C=O) groups excluding carboxylic acids is 1. The van der Waals surface area contributed by atoms with Crippen molar-refractivity contribution >= 4 is 38.9 Å². The Morgan fingerprint density at radius 3 is 1.56 bits per heavy atom. The van der Waals surface area contributed by atoms with Crippen LogP contribution in [-0.2, 0) is 14.6 Å². The molecule has 0 radical (unpaired) electrons. The molecule has 0 bridgehead atoms. The fraction of sp³-hybridized carbons (Fsp3) is 0.667. The fourth-order valence-electron chi connectivity index (χ4n) is 3.90. The molecule has 0 atom stereocenters. The first-order chi connectivity index (χ1) is 16.3. The lowest BCUT2D eigenvalue weighted by Gasteiger charge is -2.12. The first kappa shape index (κ1) is 31.0. The van der Waals surface area contributed by atoms with Crippen LogP contribution in [0.1, 0.15) is 115 Å². The number of sulfone groups is 1. The summed E-state index contributed by atoms with van der Waals surface area (Å²) >= 11 is 11.6. The van der Waals surface area contributed by atoms with Gasteiger partial charge in [-0.3, -0.25) is 4.79 Å². The van der Waals surface area contributed by atoms with E-state index in [-0.39, 0.29) is 17.2 Å². The van der Waals surface area contributed by atoms with Crippen molar-refractivity contribution < 1.29 is 13.2 Å². The van der Waals surface area contributed by atoms with Crippen LogP contribution in [-0.4, -0.2) is 14.3 Å². The van der Waals surface area contributed by atoms with E-state index in [2.05, 4.69) is 12.2 Å². The van der Waals surface area contributed by atoms with E-state index < -0.39 is 19.4 Å². The molecule has 0 aliphatic rings. The summed E-state index contributed by atoms with van der Waals surface area (Å²) in [6.45, 7) is 4.12. The van der Waals surface area contributed by atoms with E-state index in [1.165, 1.54) is 89.2 Å². The van der Waals surface area contributed by atoms with Gasteiger partial charge in [-0.05, 0) is 25.5 Å². The monoisotopic (exact) mass is 531 g/mol. The molecule has 1 N–H and O–H groups in total. The van der Waals surface area contributed by atoms with Crippen LogP contribution in [0.3, 0.4) is 0 Å². The fourth-order valence-corrected chi connectivity index (χ4v) is 5.78. The summed E-state index contributed by atoms with van der Waals surface area (Å²) < 4.78 is 25.1. The Labute approximate surface area is 217 Å². The molecule has 34 heavy (non-hydrogen) atoms. The van der Waals surface area contributed by atoms with Crippen LogP contribution in [0, 0.1) is 6.92 Å². The number of hydrogen-bond acceptors (Lipinski definition) is 3. The predicted octanol–water partition coefficient (Wildman–Crippen LogP) is 8.75. The lowest BCUT2D eigenvalue weighted by molar-refractivity contribution is -0.120. The minimum absolute atomic E-state index is 0.0409. The molecule has 1 aromatic rings. The molecule has 1 amide bonds. The Bertz CT molecular complexity index is 832. The van der Waals surface area contributed by atoms with Crippen LogP contribution < -0.4 is 5.32 Å². The Hall–Kier alpha value is -1.04. The summed E-state index contributed by atoms with van der Waals surface area (Å²) in [5.74, 6) is -0.390. The Balaban J connectivity index is 2.16. The van der Waals surface area contributed by atoms with Gasteiger partial charge in [0.15, 0.2) is 5.03 Å². The third-order valence-corrected chi connectivity index (χ3v) is 8.37. The smallest absolute Gasteiger partial charge is 0.224 e. The maximum Gasteiger partial charge on any atom is 0.224 e. The third-order valence-electron chi connectivity index (χ3n) is 6.03. The van der Waals surface area contributed by atoms with Crippen molar-refractivity contribution in [1.29, 1.82) is 0 Å². The van der Waals surface area contributed by atoms with Crippen molar-refractivity contribution in [3.8, 4) is 0 Å². The second kappa shape index (κ2) is 18.3. The van der Waals surface area contributed by atoms with E-state index in [0.29, 0.717) is 6.42 Å². The lowest BCUT2D eigenvalue weighted by atomic mass is 10.0. The molecule has 1 aromatic carbocycles. The molecule has 0 aliphatic heterocycles. The van der Waals surface area contributed by atoms with Gasteiger partial charge in [-0.15, -0.1) is 0 Å². The van der Waals surface area contributed by atoms with Crippen LogP contribution in [0.5, 0.6) is 0 Å². The molecule has 0 heterocycles. The molecule has 4 nitrogen and oxygen atoms in total. The van der Waals surface area contributed by atoms with Gasteiger partial charge in [0, 0.05) is 6.42 Å². The highest BCUT2D eigenvalue weighted by molar-refractivity contribution is 7.95. The van der Waals surface area contributed by atoms with Gasteiger partial charge in [0.1, 0.15) is 4.49 Å². The minimum Gasteiger partial charge on any atom is -0.314 e. The molecule has 0 aromatic heterocycles.